The monoisotopic (exact) mass is 206 g/mol. The molecule has 0 amide bonds. The van der Waals surface area contributed by atoms with Gasteiger partial charge in [-0.1, -0.05) is 24.3 Å². The normalized spacial score (nSPS) is 10.3. The Hall–Kier alpha value is -1.42. The lowest BCUT2D eigenvalue weighted by Crippen LogP contribution is -1.83. The summed E-state index contributed by atoms with van der Waals surface area (Å²) in [6.45, 7) is 3.46. The number of hydrogen-bond acceptors (Lipinski definition) is 4. The molecule has 0 aliphatic rings. The van der Waals surface area contributed by atoms with Crippen LogP contribution in [0.1, 0.15) is 6.42 Å². The van der Waals surface area contributed by atoms with E-state index in [4.69, 9.17) is 0 Å². The van der Waals surface area contributed by atoms with E-state index in [1.165, 1.54) is 0 Å². The molecular weight excluding hydrogens is 196 g/mol. The summed E-state index contributed by atoms with van der Waals surface area (Å²) in [5.74, 6) is 0. The van der Waals surface area contributed by atoms with Gasteiger partial charge >= 0.3 is 0 Å². The Balaban J connectivity index is 2.42. The van der Waals surface area contributed by atoms with Crippen LogP contribution in [0.25, 0.3) is 0 Å². The topological polar surface area (TPSA) is 41.8 Å². The van der Waals surface area contributed by atoms with Crippen molar-refractivity contribution in [1.29, 1.82) is 0 Å². The molecule has 4 heteroatoms. The molecule has 0 atom stereocenters. The summed E-state index contributed by atoms with van der Waals surface area (Å²) in [5.41, 5.74) is 0.742. The summed E-state index contributed by atoms with van der Waals surface area (Å²) in [6.07, 6.45) is 1.87. The molecule has 0 fully saturated rings. The van der Waals surface area contributed by atoms with Gasteiger partial charge in [0.2, 0.25) is 5.12 Å². The third kappa shape index (κ3) is 4.00. The van der Waals surface area contributed by atoms with Gasteiger partial charge in [0.1, 0.15) is 0 Å². The maximum Gasteiger partial charge on any atom is 0.216 e. The minimum atomic E-state index is -0.0559. The summed E-state index contributed by atoms with van der Waals surface area (Å²) in [5, 5.41) is 3.81. The molecule has 0 aliphatic carbocycles. The van der Waals surface area contributed by atoms with Crippen LogP contribution in [-0.2, 0) is 4.79 Å². The van der Waals surface area contributed by atoms with Crippen molar-refractivity contribution < 1.29 is 4.79 Å². The van der Waals surface area contributed by atoms with Crippen molar-refractivity contribution in [3.8, 4) is 0 Å². The second-order valence-electron chi connectivity index (χ2n) is 2.47. The summed E-state index contributed by atoms with van der Waals surface area (Å²) >= 11 is 0.844. The lowest BCUT2D eigenvalue weighted by Gasteiger charge is -1.89. The van der Waals surface area contributed by atoms with Crippen LogP contribution in [0.4, 0.5) is 5.69 Å². The molecular formula is C10H10N2OS. The van der Waals surface area contributed by atoms with Crippen molar-refractivity contribution in [2.45, 2.75) is 6.42 Å². The van der Waals surface area contributed by atoms with Crippen molar-refractivity contribution in [1.82, 2.24) is 0 Å². The largest absolute Gasteiger partial charge is 0.285 e. The van der Waals surface area contributed by atoms with Crippen LogP contribution < -0.4 is 0 Å². The molecule has 1 aromatic rings. The van der Waals surface area contributed by atoms with E-state index in [0.29, 0.717) is 6.42 Å². The van der Waals surface area contributed by atoms with Crippen LogP contribution in [0.5, 0.6) is 0 Å². The minimum absolute atomic E-state index is 0.0559. The first-order valence-corrected chi connectivity index (χ1v) is 4.87. The Kier molecular flexibility index (Phi) is 4.64. The van der Waals surface area contributed by atoms with Crippen LogP contribution in [0.15, 0.2) is 52.6 Å². The fourth-order valence-corrected chi connectivity index (χ4v) is 1.18. The molecule has 1 aromatic carbocycles. The molecule has 0 radical (unpaired) electrons. The number of hydrogen-bond donors (Lipinski definition) is 0. The third-order valence-electron chi connectivity index (χ3n) is 1.37. The predicted molar refractivity (Wildman–Crippen MR) is 58.4 cm³/mol. The van der Waals surface area contributed by atoms with E-state index in [2.05, 4.69) is 16.2 Å². The van der Waals surface area contributed by atoms with Gasteiger partial charge < -0.3 is 0 Å². The van der Waals surface area contributed by atoms with Gasteiger partial charge in [-0.3, -0.25) is 4.79 Å². The number of rotatable bonds is 4. The van der Waals surface area contributed by atoms with Gasteiger partial charge in [-0.25, -0.2) is 0 Å². The molecule has 0 unspecified atom stereocenters. The van der Waals surface area contributed by atoms with Crippen molar-refractivity contribution in [2.75, 3.05) is 0 Å². The van der Waals surface area contributed by atoms with E-state index in [-0.39, 0.29) is 5.12 Å². The maximum absolute atomic E-state index is 11.0. The lowest BCUT2D eigenvalue weighted by atomic mass is 10.3. The van der Waals surface area contributed by atoms with E-state index < -0.39 is 0 Å². The average molecular weight is 206 g/mol. The maximum atomic E-state index is 11.0. The number of nitrogens with zero attached hydrogens (tertiary/aromatic N) is 2. The van der Waals surface area contributed by atoms with Crippen LogP contribution >= 0.6 is 11.9 Å². The zero-order valence-corrected chi connectivity index (χ0v) is 8.41. The highest BCUT2D eigenvalue weighted by atomic mass is 32.2. The highest BCUT2D eigenvalue weighted by Crippen LogP contribution is 2.15. The highest BCUT2D eigenvalue weighted by molar-refractivity contribution is 8.12. The Morgan fingerprint density at radius 3 is 2.79 bits per heavy atom. The molecule has 1 rings (SSSR count). The van der Waals surface area contributed by atoms with E-state index in [0.717, 1.165) is 17.6 Å². The molecule has 0 bridgehead atoms. The smallest absolute Gasteiger partial charge is 0.216 e. The van der Waals surface area contributed by atoms with Crippen LogP contribution in [-0.4, -0.2) is 5.12 Å². The quantitative estimate of drug-likeness (QED) is 0.429. The lowest BCUT2D eigenvalue weighted by molar-refractivity contribution is -0.110. The van der Waals surface area contributed by atoms with Gasteiger partial charge in [-0.05, 0) is 12.1 Å². The van der Waals surface area contributed by atoms with E-state index >= 15 is 0 Å². The van der Waals surface area contributed by atoms with Crippen molar-refractivity contribution in [3.63, 3.8) is 0 Å². The van der Waals surface area contributed by atoms with E-state index in [1.807, 2.05) is 30.3 Å². The number of carbonyl (C=O) groups is 1. The van der Waals surface area contributed by atoms with Gasteiger partial charge in [0.15, 0.2) is 0 Å². The standard InChI is InChI=1S/C10H10N2OS/c1-2-6-10(13)14-12-11-9-7-4-3-5-8-9/h2-5,7-8H,1,6H2/b12-11+. The summed E-state index contributed by atoms with van der Waals surface area (Å²) in [7, 11) is 0. The predicted octanol–water partition coefficient (Wildman–Crippen LogP) is 3.52. The summed E-state index contributed by atoms with van der Waals surface area (Å²) in [6, 6.07) is 9.27. The fraction of sp³-hybridized carbons (Fsp3) is 0.100. The number of benzene rings is 1. The molecule has 0 aliphatic heterocycles. The van der Waals surface area contributed by atoms with Crippen molar-refractivity contribution in [2.24, 2.45) is 9.63 Å². The van der Waals surface area contributed by atoms with E-state index in [1.54, 1.807) is 6.08 Å². The zero-order valence-electron chi connectivity index (χ0n) is 7.59. The number of carbonyl (C=O) groups excluding carboxylic acids is 1. The van der Waals surface area contributed by atoms with Gasteiger partial charge in [0.05, 0.1) is 17.6 Å². The Morgan fingerprint density at radius 2 is 2.14 bits per heavy atom. The molecule has 0 N–H and O–H groups in total. The van der Waals surface area contributed by atoms with Gasteiger partial charge in [-0.15, -0.1) is 16.2 Å². The second kappa shape index (κ2) is 6.10. The molecule has 3 nitrogen and oxygen atoms in total. The van der Waals surface area contributed by atoms with Gasteiger partial charge in [0, 0.05) is 6.42 Å². The second-order valence-corrected chi connectivity index (χ2v) is 3.27. The van der Waals surface area contributed by atoms with Crippen molar-refractivity contribution >= 4 is 22.8 Å². The number of allylic oxidation sites excluding steroid dienone is 1. The van der Waals surface area contributed by atoms with Gasteiger partial charge in [0.25, 0.3) is 0 Å². The summed E-state index contributed by atoms with van der Waals surface area (Å²) < 4.78 is 3.70. The molecule has 0 saturated heterocycles. The molecule has 0 spiro atoms. The fourth-order valence-electron chi connectivity index (χ4n) is 0.763. The Labute approximate surface area is 87.1 Å². The molecule has 14 heavy (non-hydrogen) atoms. The minimum Gasteiger partial charge on any atom is -0.285 e. The van der Waals surface area contributed by atoms with Crippen LogP contribution in [0.3, 0.4) is 0 Å². The molecule has 0 saturated carbocycles. The molecule has 0 aromatic heterocycles. The zero-order chi connectivity index (χ0) is 10.2. The van der Waals surface area contributed by atoms with Crippen LogP contribution in [0, 0.1) is 0 Å². The highest BCUT2D eigenvalue weighted by Gasteiger charge is 1.97. The molecule has 72 valence electrons. The Bertz CT molecular complexity index is 335. The average Bonchev–Trinajstić information content (AvgIpc) is 2.20. The van der Waals surface area contributed by atoms with Crippen molar-refractivity contribution in [3.05, 3.63) is 43.0 Å². The SMILES string of the molecule is C=CCC(=O)S/N=N/c1ccccc1. The Morgan fingerprint density at radius 1 is 1.43 bits per heavy atom. The first kappa shape index (κ1) is 10.7. The van der Waals surface area contributed by atoms with Gasteiger partial charge in [-0.2, -0.15) is 0 Å². The first-order valence-electron chi connectivity index (χ1n) is 4.10. The third-order valence-corrected chi connectivity index (χ3v) is 1.90. The van der Waals surface area contributed by atoms with E-state index in [9.17, 15) is 4.79 Å². The summed E-state index contributed by atoms with van der Waals surface area (Å²) in [4.78, 5) is 11.0. The van der Waals surface area contributed by atoms with Crippen LogP contribution in [0.2, 0.25) is 0 Å². The first-order chi connectivity index (χ1) is 6.83. The molecule has 0 heterocycles.